The molecule has 0 N–H and O–H groups in total. The first-order chi connectivity index (χ1) is 9.69. The van der Waals surface area contributed by atoms with Crippen LogP contribution in [0, 0.1) is 5.82 Å². The van der Waals surface area contributed by atoms with Gasteiger partial charge in [0, 0.05) is 17.2 Å². The van der Waals surface area contributed by atoms with Gasteiger partial charge in [-0.15, -0.1) is 23.4 Å². The molecule has 0 unspecified atom stereocenters. The molecular weight excluding hydrogens is 295 g/mol. The molecule has 0 atom stereocenters. The van der Waals surface area contributed by atoms with Gasteiger partial charge in [-0.1, -0.05) is 24.3 Å². The second kappa shape index (κ2) is 7.46. The van der Waals surface area contributed by atoms with E-state index in [1.165, 1.54) is 24.3 Å². The summed E-state index contributed by atoms with van der Waals surface area (Å²) in [5, 5.41) is 0. The molecule has 2 aromatic rings. The summed E-state index contributed by atoms with van der Waals surface area (Å²) in [5.74, 6) is 1.33. The number of carbonyl (C=O) groups is 1. The zero-order valence-electron chi connectivity index (χ0n) is 10.8. The Labute approximate surface area is 127 Å². The number of alkyl halides is 1. The molecule has 0 aromatic heterocycles. The maximum Gasteiger partial charge on any atom is 0.172 e. The van der Waals surface area contributed by atoms with Crippen molar-refractivity contribution in [3.8, 4) is 0 Å². The average Bonchev–Trinajstić information content (AvgIpc) is 2.48. The Morgan fingerprint density at radius 3 is 2.50 bits per heavy atom. The Morgan fingerprint density at radius 1 is 1.10 bits per heavy atom. The zero-order valence-corrected chi connectivity index (χ0v) is 12.4. The zero-order chi connectivity index (χ0) is 14.4. The number of hydrogen-bond donors (Lipinski definition) is 0. The quantitative estimate of drug-likeness (QED) is 0.569. The van der Waals surface area contributed by atoms with Crippen LogP contribution < -0.4 is 0 Å². The highest BCUT2D eigenvalue weighted by Gasteiger charge is 2.06. The van der Waals surface area contributed by atoms with Crippen molar-refractivity contribution < 1.29 is 9.18 Å². The normalized spacial score (nSPS) is 10.5. The summed E-state index contributed by atoms with van der Waals surface area (Å²) in [4.78, 5) is 11.9. The Bertz CT molecular complexity index is 583. The Balaban J connectivity index is 1.86. The second-order valence-corrected chi connectivity index (χ2v) is 5.63. The van der Waals surface area contributed by atoms with Crippen molar-refractivity contribution >= 4 is 29.1 Å². The highest BCUT2D eigenvalue weighted by molar-refractivity contribution is 7.99. The van der Waals surface area contributed by atoms with Crippen molar-refractivity contribution in [3.63, 3.8) is 0 Å². The smallest absolute Gasteiger partial charge is 0.172 e. The van der Waals surface area contributed by atoms with Gasteiger partial charge in [-0.05, 0) is 35.4 Å². The summed E-state index contributed by atoms with van der Waals surface area (Å²) in [6.07, 6.45) is 0. The molecular formula is C16H14ClFOS. The SMILES string of the molecule is O=C(CSCc1cccc(CCl)c1)c1ccc(F)cc1. The first kappa shape index (κ1) is 15.1. The molecule has 20 heavy (non-hydrogen) atoms. The van der Waals surface area contributed by atoms with Gasteiger partial charge in [-0.25, -0.2) is 4.39 Å². The molecule has 0 radical (unpaired) electrons. The van der Waals surface area contributed by atoms with Crippen LogP contribution in [0.5, 0.6) is 0 Å². The second-order valence-electron chi connectivity index (χ2n) is 4.38. The highest BCUT2D eigenvalue weighted by Crippen LogP contribution is 2.16. The summed E-state index contributed by atoms with van der Waals surface area (Å²) >= 11 is 7.33. The van der Waals surface area contributed by atoms with Crippen molar-refractivity contribution in [2.45, 2.75) is 11.6 Å². The fraction of sp³-hybridized carbons (Fsp3) is 0.188. The fourth-order valence-corrected chi connectivity index (χ4v) is 2.82. The van der Waals surface area contributed by atoms with Gasteiger partial charge in [-0.3, -0.25) is 4.79 Å². The molecule has 2 aromatic carbocycles. The number of rotatable bonds is 6. The number of hydrogen-bond acceptors (Lipinski definition) is 2. The van der Waals surface area contributed by atoms with E-state index in [4.69, 9.17) is 11.6 Å². The van der Waals surface area contributed by atoms with E-state index in [9.17, 15) is 9.18 Å². The predicted molar refractivity (Wildman–Crippen MR) is 82.9 cm³/mol. The number of ketones is 1. The third-order valence-corrected chi connectivity index (χ3v) is 4.13. The van der Waals surface area contributed by atoms with Crippen molar-refractivity contribution in [1.82, 2.24) is 0 Å². The van der Waals surface area contributed by atoms with E-state index in [1.54, 1.807) is 11.8 Å². The van der Waals surface area contributed by atoms with Crippen LogP contribution in [0.3, 0.4) is 0 Å². The molecule has 0 amide bonds. The lowest BCUT2D eigenvalue weighted by Crippen LogP contribution is -2.02. The predicted octanol–water partition coefficient (Wildman–Crippen LogP) is 4.68. The average molecular weight is 309 g/mol. The third kappa shape index (κ3) is 4.36. The minimum atomic E-state index is -0.327. The van der Waals surface area contributed by atoms with Gasteiger partial charge in [0.15, 0.2) is 5.78 Å². The molecule has 0 saturated heterocycles. The van der Waals surface area contributed by atoms with E-state index >= 15 is 0 Å². The van der Waals surface area contributed by atoms with Gasteiger partial charge in [0.05, 0.1) is 5.75 Å². The minimum absolute atomic E-state index is 0.0171. The van der Waals surface area contributed by atoms with Crippen LogP contribution in [-0.2, 0) is 11.6 Å². The van der Waals surface area contributed by atoms with E-state index in [0.29, 0.717) is 17.2 Å². The summed E-state index contributed by atoms with van der Waals surface area (Å²) < 4.78 is 12.8. The van der Waals surface area contributed by atoms with Gasteiger partial charge in [0.25, 0.3) is 0 Å². The van der Waals surface area contributed by atoms with E-state index in [1.807, 2.05) is 24.3 Å². The van der Waals surface area contributed by atoms with Crippen molar-refractivity contribution in [2.75, 3.05) is 5.75 Å². The van der Waals surface area contributed by atoms with Crippen LogP contribution in [0.15, 0.2) is 48.5 Å². The maximum absolute atomic E-state index is 12.8. The molecule has 0 saturated carbocycles. The Morgan fingerprint density at radius 2 is 1.80 bits per heavy atom. The molecule has 0 fully saturated rings. The molecule has 2 rings (SSSR count). The lowest BCUT2D eigenvalue weighted by molar-refractivity contribution is 0.102. The lowest BCUT2D eigenvalue weighted by atomic mass is 10.1. The summed E-state index contributed by atoms with van der Waals surface area (Å²) in [6, 6.07) is 13.7. The number of benzene rings is 2. The molecule has 0 aliphatic rings. The van der Waals surface area contributed by atoms with Crippen molar-refractivity contribution in [1.29, 1.82) is 0 Å². The van der Waals surface area contributed by atoms with Crippen LogP contribution in [0.25, 0.3) is 0 Å². The van der Waals surface area contributed by atoms with Crippen molar-refractivity contribution in [2.24, 2.45) is 0 Å². The number of halogens is 2. The molecule has 0 aliphatic carbocycles. The van der Waals surface area contributed by atoms with Gasteiger partial charge >= 0.3 is 0 Å². The van der Waals surface area contributed by atoms with Gasteiger partial charge < -0.3 is 0 Å². The largest absolute Gasteiger partial charge is 0.293 e. The van der Waals surface area contributed by atoms with E-state index in [2.05, 4.69) is 0 Å². The first-order valence-electron chi connectivity index (χ1n) is 6.19. The fourth-order valence-electron chi connectivity index (χ4n) is 1.78. The van der Waals surface area contributed by atoms with Crippen LogP contribution >= 0.6 is 23.4 Å². The molecule has 0 spiro atoms. The first-order valence-corrected chi connectivity index (χ1v) is 7.88. The highest BCUT2D eigenvalue weighted by atomic mass is 35.5. The molecule has 0 heterocycles. The monoisotopic (exact) mass is 308 g/mol. The minimum Gasteiger partial charge on any atom is -0.293 e. The molecule has 0 bridgehead atoms. The summed E-state index contributed by atoms with van der Waals surface area (Å²) in [6.45, 7) is 0. The Kier molecular flexibility index (Phi) is 5.62. The van der Waals surface area contributed by atoms with Crippen molar-refractivity contribution in [3.05, 3.63) is 71.0 Å². The lowest BCUT2D eigenvalue weighted by Gasteiger charge is -2.04. The molecule has 0 aliphatic heterocycles. The standard InChI is InChI=1S/C16H14ClFOS/c17-9-12-2-1-3-13(8-12)10-20-11-16(19)14-4-6-15(18)7-5-14/h1-8H,9-11H2. The molecule has 104 valence electrons. The number of carbonyl (C=O) groups excluding carboxylic acids is 1. The van der Waals surface area contributed by atoms with Gasteiger partial charge in [0.1, 0.15) is 5.82 Å². The maximum atomic E-state index is 12.8. The van der Waals surface area contributed by atoms with Crippen LogP contribution in [0.1, 0.15) is 21.5 Å². The van der Waals surface area contributed by atoms with E-state index < -0.39 is 0 Å². The molecule has 1 nitrogen and oxygen atoms in total. The summed E-state index contributed by atoms with van der Waals surface area (Å²) in [7, 11) is 0. The summed E-state index contributed by atoms with van der Waals surface area (Å²) in [5.41, 5.74) is 2.78. The van der Waals surface area contributed by atoms with E-state index in [0.717, 1.165) is 16.9 Å². The van der Waals surface area contributed by atoms with Crippen LogP contribution in [0.4, 0.5) is 4.39 Å². The van der Waals surface area contributed by atoms with Crippen LogP contribution in [0.2, 0.25) is 0 Å². The van der Waals surface area contributed by atoms with E-state index in [-0.39, 0.29) is 11.6 Å². The van der Waals surface area contributed by atoms with Gasteiger partial charge in [0.2, 0.25) is 0 Å². The third-order valence-electron chi connectivity index (χ3n) is 2.81. The van der Waals surface area contributed by atoms with Gasteiger partial charge in [-0.2, -0.15) is 0 Å². The van der Waals surface area contributed by atoms with Crippen LogP contribution in [-0.4, -0.2) is 11.5 Å². The number of Topliss-reactive ketones (excluding diaryl/α,β-unsaturated/α-hetero) is 1. The Hall–Kier alpha value is -1.32. The molecule has 4 heteroatoms. The topological polar surface area (TPSA) is 17.1 Å². The number of thioether (sulfide) groups is 1.